The first-order valence-electron chi connectivity index (χ1n) is 16.2. The van der Waals surface area contributed by atoms with Crippen molar-refractivity contribution in [3.63, 3.8) is 0 Å². The maximum atomic E-state index is 13.8. The highest BCUT2D eigenvalue weighted by Crippen LogP contribution is 2.74. The van der Waals surface area contributed by atoms with Crippen molar-refractivity contribution < 1.29 is 48.6 Å². The van der Waals surface area contributed by atoms with Crippen molar-refractivity contribution in [3.8, 4) is 0 Å². The molecule has 3 saturated heterocycles. The van der Waals surface area contributed by atoms with Crippen LogP contribution in [0, 0.1) is 11.8 Å². The Bertz CT molecular complexity index is 1800. The van der Waals surface area contributed by atoms with E-state index in [0.29, 0.717) is 11.1 Å². The fraction of sp³-hybridized carbons (Fsp3) is 0.421. The van der Waals surface area contributed by atoms with Crippen LogP contribution in [0.1, 0.15) is 38.3 Å². The Hall–Kier alpha value is -3.74. The average molecular weight is 655 g/mol. The standard InChI is InChI=1S/C38H38O10/c1-22(2)37-31-28-30-35(21-39,45-30)32(42)36(43)26(19-23(3)29(36)41)34(28,47-38(46-31,48-37)25-16-9-6-10-17-25)20-33(37,4)44-27(40)18-12-11-15-24-13-7-5-8-14-24/h5-19,26,28,30-32,39,42-43H,1,20-21H2,2-4H3/b15-11+,18-12+/t26-,28-,30-,31+,32?,33+,34-,35-,36+,37+,38?/m0/s1. The van der Waals surface area contributed by atoms with Gasteiger partial charge in [-0.2, -0.15) is 0 Å². The summed E-state index contributed by atoms with van der Waals surface area (Å²) in [6.45, 7) is 8.70. The molecule has 250 valence electrons. The van der Waals surface area contributed by atoms with E-state index in [2.05, 4.69) is 6.58 Å². The Balaban J connectivity index is 1.29. The molecule has 8 rings (SSSR count). The molecule has 2 aromatic rings. The third-order valence-corrected chi connectivity index (χ3v) is 11.5. The number of carbonyl (C=O) groups excluding carboxylic acids is 2. The number of aliphatic hydroxyl groups excluding tert-OH is 2. The predicted octanol–water partition coefficient (Wildman–Crippen LogP) is 3.27. The number of Topliss-reactive ketones (excluding diaryl/α,β-unsaturated/α-hetero) is 1. The van der Waals surface area contributed by atoms with Crippen molar-refractivity contribution in [1.82, 2.24) is 0 Å². The molecule has 6 aliphatic rings. The van der Waals surface area contributed by atoms with Crippen molar-refractivity contribution in [3.05, 3.63) is 114 Å². The van der Waals surface area contributed by atoms with Crippen molar-refractivity contribution >= 4 is 17.8 Å². The third-order valence-electron chi connectivity index (χ3n) is 11.5. The van der Waals surface area contributed by atoms with Crippen LogP contribution in [0.2, 0.25) is 0 Å². The number of epoxide rings is 1. The number of aliphatic hydroxyl groups is 3. The van der Waals surface area contributed by atoms with Crippen molar-refractivity contribution in [1.29, 1.82) is 0 Å². The lowest BCUT2D eigenvalue weighted by Gasteiger charge is -2.61. The van der Waals surface area contributed by atoms with Gasteiger partial charge in [-0.25, -0.2) is 4.79 Å². The smallest absolute Gasteiger partial charge is 0.331 e. The zero-order valence-corrected chi connectivity index (χ0v) is 26.9. The predicted molar refractivity (Wildman–Crippen MR) is 171 cm³/mol. The van der Waals surface area contributed by atoms with Crippen LogP contribution in [0.5, 0.6) is 0 Å². The molecule has 0 spiro atoms. The number of benzene rings is 2. The highest BCUT2D eigenvalue weighted by molar-refractivity contribution is 6.05. The Morgan fingerprint density at radius 3 is 2.40 bits per heavy atom. The summed E-state index contributed by atoms with van der Waals surface area (Å²) in [5.41, 5.74) is -6.57. The van der Waals surface area contributed by atoms with E-state index >= 15 is 0 Å². The van der Waals surface area contributed by atoms with Gasteiger partial charge in [-0.15, -0.1) is 0 Å². The van der Waals surface area contributed by atoms with E-state index in [4.69, 9.17) is 23.7 Å². The maximum Gasteiger partial charge on any atom is 0.331 e. The van der Waals surface area contributed by atoms with E-state index in [-0.39, 0.29) is 12.0 Å². The molecule has 0 radical (unpaired) electrons. The zero-order valence-electron chi connectivity index (χ0n) is 26.9. The number of esters is 1. The van der Waals surface area contributed by atoms with Gasteiger partial charge < -0.3 is 39.0 Å². The van der Waals surface area contributed by atoms with Crippen LogP contribution in [-0.2, 0) is 39.2 Å². The SMILES string of the molecule is C=C(C)[C@@]12OC3(c4ccccc4)O[C@@H]1[C@@H]1[C@@H]4O[C@]4(CO)C(O)[C@]4(O)C(=O)C(C)=C[C@H]4[C@]1(C[C@@]2(C)OC(=O)/C=C/C=C/c1ccccc1)O3. The third kappa shape index (κ3) is 3.76. The molecule has 0 amide bonds. The summed E-state index contributed by atoms with van der Waals surface area (Å²) in [4.78, 5) is 27.5. The van der Waals surface area contributed by atoms with Crippen LogP contribution in [0.25, 0.3) is 6.08 Å². The molecule has 2 aromatic carbocycles. The van der Waals surface area contributed by atoms with E-state index < -0.39 is 82.5 Å². The van der Waals surface area contributed by atoms with Crippen LogP contribution in [0.4, 0.5) is 0 Å². The Morgan fingerprint density at radius 2 is 1.73 bits per heavy atom. The molecule has 0 aromatic heterocycles. The zero-order chi connectivity index (χ0) is 33.9. The van der Waals surface area contributed by atoms with E-state index in [1.807, 2.05) is 42.5 Å². The van der Waals surface area contributed by atoms with Crippen LogP contribution in [0.15, 0.2) is 103 Å². The summed E-state index contributed by atoms with van der Waals surface area (Å²) < 4.78 is 33.4. The molecule has 2 unspecified atom stereocenters. The summed E-state index contributed by atoms with van der Waals surface area (Å²) in [7, 11) is 0. The number of fused-ring (bicyclic) bond motifs is 3. The van der Waals surface area contributed by atoms with E-state index in [1.165, 1.54) is 6.08 Å². The molecule has 3 aliphatic carbocycles. The van der Waals surface area contributed by atoms with Crippen LogP contribution < -0.4 is 0 Å². The first-order chi connectivity index (χ1) is 22.8. The largest absolute Gasteiger partial charge is 0.453 e. The van der Waals surface area contributed by atoms with E-state index in [1.54, 1.807) is 63.3 Å². The molecule has 2 saturated carbocycles. The van der Waals surface area contributed by atoms with Crippen molar-refractivity contribution in [2.45, 2.75) is 79.5 Å². The molecule has 3 heterocycles. The van der Waals surface area contributed by atoms with Gasteiger partial charge in [0.1, 0.15) is 29.5 Å². The van der Waals surface area contributed by atoms with Crippen LogP contribution >= 0.6 is 0 Å². The second-order valence-electron chi connectivity index (χ2n) is 14.2. The molecule has 10 heteroatoms. The molecule has 3 N–H and O–H groups in total. The lowest BCUT2D eigenvalue weighted by atomic mass is 9.53. The van der Waals surface area contributed by atoms with Gasteiger partial charge in [-0.1, -0.05) is 91.5 Å². The molecule has 11 atom stereocenters. The first-order valence-corrected chi connectivity index (χ1v) is 16.2. The number of allylic oxidation sites excluding steroid dienone is 2. The summed E-state index contributed by atoms with van der Waals surface area (Å²) in [6.07, 6.45) is 4.31. The van der Waals surface area contributed by atoms with Gasteiger partial charge in [0.15, 0.2) is 17.0 Å². The van der Waals surface area contributed by atoms with Gasteiger partial charge in [-0.3, -0.25) is 4.79 Å². The molecule has 10 nitrogen and oxygen atoms in total. The van der Waals surface area contributed by atoms with Gasteiger partial charge in [0.2, 0.25) is 0 Å². The minimum absolute atomic E-state index is 0.0937. The number of rotatable bonds is 7. The van der Waals surface area contributed by atoms with Crippen LogP contribution in [0.3, 0.4) is 0 Å². The molecular weight excluding hydrogens is 616 g/mol. The molecular formula is C38H38O10. The molecule has 3 bridgehead atoms. The fourth-order valence-corrected chi connectivity index (χ4v) is 9.45. The van der Waals surface area contributed by atoms with Gasteiger partial charge in [0, 0.05) is 29.9 Å². The van der Waals surface area contributed by atoms with E-state index in [9.17, 15) is 24.9 Å². The van der Waals surface area contributed by atoms with Crippen LogP contribution in [-0.4, -0.2) is 80.0 Å². The summed E-state index contributed by atoms with van der Waals surface area (Å²) >= 11 is 0. The highest BCUT2D eigenvalue weighted by atomic mass is 16.9. The quantitative estimate of drug-likeness (QED) is 0.134. The monoisotopic (exact) mass is 654 g/mol. The normalized spacial score (nSPS) is 45.0. The maximum absolute atomic E-state index is 13.8. The topological polar surface area (TPSA) is 144 Å². The molecule has 48 heavy (non-hydrogen) atoms. The van der Waals surface area contributed by atoms with Gasteiger partial charge in [0.05, 0.1) is 12.2 Å². The number of ketones is 1. The lowest BCUT2D eigenvalue weighted by Crippen LogP contribution is -2.76. The molecule has 3 aliphatic heterocycles. The number of hydrogen-bond donors (Lipinski definition) is 3. The minimum atomic E-state index is -2.43. The van der Waals surface area contributed by atoms with Crippen molar-refractivity contribution in [2.24, 2.45) is 11.8 Å². The second-order valence-corrected chi connectivity index (χ2v) is 14.2. The summed E-state index contributed by atoms with van der Waals surface area (Å²) in [5, 5.41) is 34.9. The minimum Gasteiger partial charge on any atom is -0.453 e. The number of hydrogen-bond acceptors (Lipinski definition) is 10. The fourth-order valence-electron chi connectivity index (χ4n) is 9.45. The lowest BCUT2D eigenvalue weighted by molar-refractivity contribution is -0.433. The van der Waals surface area contributed by atoms with Gasteiger partial charge in [0.25, 0.3) is 0 Å². The number of ether oxygens (including phenoxy) is 5. The summed E-state index contributed by atoms with van der Waals surface area (Å²) in [6, 6.07) is 18.6. The molecule has 5 fully saturated rings. The highest BCUT2D eigenvalue weighted by Gasteiger charge is 2.90. The summed E-state index contributed by atoms with van der Waals surface area (Å²) in [5.74, 6) is -5.20. The van der Waals surface area contributed by atoms with E-state index in [0.717, 1.165) is 5.56 Å². The Labute approximate surface area is 277 Å². The van der Waals surface area contributed by atoms with Gasteiger partial charge in [-0.05, 0) is 37.5 Å². The average Bonchev–Trinajstić information content (AvgIpc) is 3.68. The Morgan fingerprint density at radius 1 is 1.04 bits per heavy atom. The van der Waals surface area contributed by atoms with Gasteiger partial charge >= 0.3 is 11.9 Å². The number of carbonyl (C=O) groups is 2. The first kappa shape index (κ1) is 31.5. The Kier molecular flexibility index (Phi) is 6.66. The van der Waals surface area contributed by atoms with Crippen molar-refractivity contribution in [2.75, 3.05) is 6.61 Å². The second kappa shape index (κ2) is 10.1.